The summed E-state index contributed by atoms with van der Waals surface area (Å²) in [6.07, 6.45) is -1.79. The fraction of sp³-hybridized carbons (Fsp3) is 1.00. The molecule has 50 valence electrons. The summed E-state index contributed by atoms with van der Waals surface area (Å²) in [5, 5.41) is 8.27. The molecular formula is C3H6BrF2NO. The molecule has 0 saturated carbocycles. The molecule has 3 N–H and O–H groups in total. The van der Waals surface area contributed by atoms with Gasteiger partial charge in [0.05, 0.1) is 0 Å². The molecule has 0 saturated heterocycles. The number of hydrogen-bond donors (Lipinski definition) is 2. The van der Waals surface area contributed by atoms with Crippen LogP contribution in [-0.4, -0.2) is 22.6 Å². The molecule has 0 radical (unpaired) electrons. The molecule has 0 aromatic carbocycles. The predicted molar refractivity (Wildman–Crippen MR) is 28.9 cm³/mol. The Morgan fingerprint density at radius 3 is 2.12 bits per heavy atom. The lowest BCUT2D eigenvalue weighted by Gasteiger charge is -2.12. The molecule has 0 rings (SSSR count). The fourth-order valence-electron chi connectivity index (χ4n) is 0.134. The monoisotopic (exact) mass is 189 g/mol. The maximum Gasteiger partial charge on any atom is 0.327 e. The first kappa shape index (κ1) is 8.26. The van der Waals surface area contributed by atoms with Crippen LogP contribution in [0.25, 0.3) is 0 Å². The van der Waals surface area contributed by atoms with Crippen molar-refractivity contribution in [2.75, 3.05) is 6.54 Å². The van der Waals surface area contributed by atoms with Gasteiger partial charge >= 0.3 is 4.83 Å². The van der Waals surface area contributed by atoms with Gasteiger partial charge < -0.3 is 10.8 Å². The van der Waals surface area contributed by atoms with Crippen molar-refractivity contribution in [1.29, 1.82) is 0 Å². The van der Waals surface area contributed by atoms with E-state index in [2.05, 4.69) is 0 Å². The molecule has 1 atom stereocenters. The Kier molecular flexibility index (Phi) is 2.79. The van der Waals surface area contributed by atoms with Crippen molar-refractivity contribution in [3.8, 4) is 0 Å². The maximum atomic E-state index is 11.7. The average molecular weight is 190 g/mol. The van der Waals surface area contributed by atoms with Crippen LogP contribution in [0.4, 0.5) is 8.78 Å². The summed E-state index contributed by atoms with van der Waals surface area (Å²) in [7, 11) is 0. The molecule has 0 aliphatic carbocycles. The summed E-state index contributed by atoms with van der Waals surface area (Å²) < 4.78 is 23.4. The molecule has 0 fully saturated rings. The normalized spacial score (nSPS) is 16.1. The maximum absolute atomic E-state index is 11.7. The van der Waals surface area contributed by atoms with E-state index in [0.717, 1.165) is 0 Å². The minimum absolute atomic E-state index is 0.446. The Labute approximate surface area is 53.8 Å². The molecule has 5 heteroatoms. The lowest BCUT2D eigenvalue weighted by atomic mass is 10.4. The summed E-state index contributed by atoms with van der Waals surface area (Å²) in [6.45, 7) is -0.446. The Bertz CT molecular complexity index is 74.2. The van der Waals surface area contributed by atoms with Crippen LogP contribution in [0.1, 0.15) is 0 Å². The number of nitrogens with two attached hydrogens (primary N) is 1. The third kappa shape index (κ3) is 2.54. The van der Waals surface area contributed by atoms with Gasteiger partial charge in [-0.05, 0) is 15.9 Å². The van der Waals surface area contributed by atoms with Crippen LogP contribution < -0.4 is 5.73 Å². The topological polar surface area (TPSA) is 46.2 Å². The van der Waals surface area contributed by atoms with E-state index in [-0.39, 0.29) is 0 Å². The quantitative estimate of drug-likeness (QED) is 0.615. The molecule has 0 aliphatic rings. The number of alkyl halides is 3. The number of aliphatic hydroxyl groups is 1. The minimum atomic E-state index is -3.25. The second kappa shape index (κ2) is 2.70. The highest BCUT2D eigenvalue weighted by molar-refractivity contribution is 9.10. The van der Waals surface area contributed by atoms with Gasteiger partial charge in [0.25, 0.3) is 0 Å². The first-order valence-electron chi connectivity index (χ1n) is 1.93. The van der Waals surface area contributed by atoms with Crippen molar-refractivity contribution < 1.29 is 13.9 Å². The van der Waals surface area contributed by atoms with E-state index in [1.54, 1.807) is 0 Å². The van der Waals surface area contributed by atoms with E-state index in [1.165, 1.54) is 0 Å². The van der Waals surface area contributed by atoms with Gasteiger partial charge in [-0.25, -0.2) is 0 Å². The number of hydrogen-bond acceptors (Lipinski definition) is 2. The molecule has 2 nitrogen and oxygen atoms in total. The standard InChI is InChI=1S/C3H6BrF2NO/c4-3(5,6)2(8)1-7/h2,8H,1,7H2. The van der Waals surface area contributed by atoms with Gasteiger partial charge in [0.1, 0.15) is 6.10 Å². The van der Waals surface area contributed by atoms with Crippen molar-refractivity contribution in [3.63, 3.8) is 0 Å². The second-order valence-electron chi connectivity index (χ2n) is 1.29. The van der Waals surface area contributed by atoms with Crippen molar-refractivity contribution in [2.24, 2.45) is 5.73 Å². The minimum Gasteiger partial charge on any atom is -0.385 e. The van der Waals surface area contributed by atoms with Crippen LogP contribution >= 0.6 is 15.9 Å². The molecule has 8 heavy (non-hydrogen) atoms. The van der Waals surface area contributed by atoms with Crippen molar-refractivity contribution in [2.45, 2.75) is 10.9 Å². The zero-order valence-corrected chi connectivity index (χ0v) is 5.53. The second-order valence-corrected chi connectivity index (χ2v) is 2.35. The van der Waals surface area contributed by atoms with Crippen LogP contribution in [0, 0.1) is 0 Å². The SMILES string of the molecule is NCC(O)C(F)(F)Br. The molecule has 0 aromatic heterocycles. The first-order chi connectivity index (χ1) is 3.48. The third-order valence-corrected chi connectivity index (χ3v) is 1.13. The zero-order valence-electron chi connectivity index (χ0n) is 3.94. The molecule has 0 amide bonds. The molecule has 0 spiro atoms. The van der Waals surface area contributed by atoms with E-state index in [1.807, 2.05) is 15.9 Å². The predicted octanol–water partition coefficient (Wildman–Crippen LogP) is 0.294. The molecule has 1 unspecified atom stereocenters. The van der Waals surface area contributed by atoms with E-state index >= 15 is 0 Å². The van der Waals surface area contributed by atoms with Gasteiger partial charge in [0, 0.05) is 6.54 Å². The Balaban J connectivity index is 3.62. The summed E-state index contributed by atoms with van der Waals surface area (Å²) >= 11 is 1.94. The third-order valence-electron chi connectivity index (χ3n) is 0.601. The molecular weight excluding hydrogens is 184 g/mol. The highest BCUT2D eigenvalue weighted by Gasteiger charge is 2.33. The summed E-state index contributed by atoms with van der Waals surface area (Å²) in [5.74, 6) is 0. The van der Waals surface area contributed by atoms with E-state index in [0.29, 0.717) is 0 Å². The highest BCUT2D eigenvalue weighted by Crippen LogP contribution is 2.24. The average Bonchev–Trinajstić information content (AvgIpc) is 1.62. The molecule has 0 aromatic rings. The number of aliphatic hydroxyl groups excluding tert-OH is 1. The van der Waals surface area contributed by atoms with Crippen LogP contribution in [-0.2, 0) is 0 Å². The Morgan fingerprint density at radius 1 is 1.75 bits per heavy atom. The number of halogens is 3. The lowest BCUT2D eigenvalue weighted by molar-refractivity contribution is -0.0220. The zero-order chi connectivity index (χ0) is 6.78. The Morgan fingerprint density at radius 2 is 2.12 bits per heavy atom. The molecule has 0 heterocycles. The first-order valence-corrected chi connectivity index (χ1v) is 2.72. The van der Waals surface area contributed by atoms with Crippen LogP contribution in [0.5, 0.6) is 0 Å². The number of rotatable bonds is 2. The smallest absolute Gasteiger partial charge is 0.327 e. The summed E-state index contributed by atoms with van der Waals surface area (Å²) in [6, 6.07) is 0. The van der Waals surface area contributed by atoms with Gasteiger partial charge in [0.15, 0.2) is 0 Å². The van der Waals surface area contributed by atoms with Crippen LogP contribution in [0.15, 0.2) is 0 Å². The molecule has 0 bridgehead atoms. The summed E-state index contributed by atoms with van der Waals surface area (Å²) in [5.41, 5.74) is 4.70. The van der Waals surface area contributed by atoms with Gasteiger partial charge in [0.2, 0.25) is 0 Å². The van der Waals surface area contributed by atoms with Gasteiger partial charge in [-0.2, -0.15) is 8.78 Å². The van der Waals surface area contributed by atoms with E-state index in [4.69, 9.17) is 10.8 Å². The highest BCUT2D eigenvalue weighted by atomic mass is 79.9. The van der Waals surface area contributed by atoms with Gasteiger partial charge in [-0.15, -0.1) is 0 Å². The van der Waals surface area contributed by atoms with E-state index < -0.39 is 17.5 Å². The van der Waals surface area contributed by atoms with Gasteiger partial charge in [-0.1, -0.05) is 0 Å². The lowest BCUT2D eigenvalue weighted by Crippen LogP contribution is -2.34. The van der Waals surface area contributed by atoms with E-state index in [9.17, 15) is 8.78 Å². The largest absolute Gasteiger partial charge is 0.385 e. The van der Waals surface area contributed by atoms with Crippen molar-refractivity contribution >= 4 is 15.9 Å². The molecule has 0 aliphatic heterocycles. The van der Waals surface area contributed by atoms with Crippen LogP contribution in [0.3, 0.4) is 0 Å². The van der Waals surface area contributed by atoms with Gasteiger partial charge in [-0.3, -0.25) is 0 Å². The van der Waals surface area contributed by atoms with Crippen molar-refractivity contribution in [3.05, 3.63) is 0 Å². The summed E-state index contributed by atoms with van der Waals surface area (Å²) in [4.78, 5) is -3.25. The van der Waals surface area contributed by atoms with Crippen LogP contribution in [0.2, 0.25) is 0 Å². The Hall–Kier alpha value is 0.260. The van der Waals surface area contributed by atoms with Crippen molar-refractivity contribution in [1.82, 2.24) is 0 Å². The fourth-order valence-corrected chi connectivity index (χ4v) is 0.321.